The highest BCUT2D eigenvalue weighted by Gasteiger charge is 2.45. The lowest BCUT2D eigenvalue weighted by Gasteiger charge is -2.26. The lowest BCUT2D eigenvalue weighted by Crippen LogP contribution is -2.41. The number of halogens is 6. The number of fused-ring (bicyclic) bond motifs is 1. The van der Waals surface area contributed by atoms with Gasteiger partial charge in [-0.3, -0.25) is 9.36 Å². The Labute approximate surface area is 244 Å². The SMILES string of the molecule is CCOC(=O)C1=C(C(F)(F)F)N=c2s/c(=C\c3cc(I)cc(I)c3OC)c(=O)n2[C@@H]1c1ccc(Cl)cc1. The van der Waals surface area contributed by atoms with Crippen LogP contribution in [0.5, 0.6) is 5.75 Å². The number of esters is 1. The third-order valence-electron chi connectivity index (χ3n) is 5.31. The first kappa shape index (κ1) is 28.1. The topological polar surface area (TPSA) is 69.9 Å². The Bertz CT molecular complexity index is 1600. The molecular weight excluding hydrogens is 759 g/mol. The number of alkyl halides is 3. The molecule has 2 aromatic carbocycles. The molecule has 3 aromatic rings. The van der Waals surface area contributed by atoms with Crippen LogP contribution in [-0.2, 0) is 9.53 Å². The molecule has 1 aliphatic rings. The van der Waals surface area contributed by atoms with Crippen molar-refractivity contribution in [2.24, 2.45) is 4.99 Å². The number of aromatic nitrogens is 1. The summed E-state index contributed by atoms with van der Waals surface area (Å²) in [6.45, 7) is 1.32. The summed E-state index contributed by atoms with van der Waals surface area (Å²) in [6.07, 6.45) is -3.43. The second-order valence-corrected chi connectivity index (χ2v) is 11.5. The molecule has 0 fully saturated rings. The molecule has 0 saturated heterocycles. The van der Waals surface area contributed by atoms with Crippen molar-refractivity contribution in [2.45, 2.75) is 19.1 Å². The van der Waals surface area contributed by atoms with E-state index in [4.69, 9.17) is 21.1 Å². The third-order valence-corrected chi connectivity index (χ3v) is 7.97. The van der Waals surface area contributed by atoms with Crippen LogP contribution in [0, 0.1) is 7.14 Å². The zero-order valence-electron chi connectivity index (χ0n) is 19.0. The van der Waals surface area contributed by atoms with Crippen LogP contribution in [0.1, 0.15) is 24.1 Å². The van der Waals surface area contributed by atoms with Gasteiger partial charge in [0, 0.05) is 14.2 Å². The summed E-state index contributed by atoms with van der Waals surface area (Å²) >= 11 is 11.0. The Kier molecular flexibility index (Phi) is 8.40. The van der Waals surface area contributed by atoms with Crippen molar-refractivity contribution in [1.82, 2.24) is 4.57 Å². The number of allylic oxidation sites excluding steroid dienone is 1. The minimum absolute atomic E-state index is 0.125. The third kappa shape index (κ3) is 5.61. The second kappa shape index (κ2) is 11.1. The number of carbonyl (C=O) groups is 1. The van der Waals surface area contributed by atoms with Crippen molar-refractivity contribution in [1.29, 1.82) is 0 Å². The zero-order valence-corrected chi connectivity index (χ0v) is 24.9. The van der Waals surface area contributed by atoms with Crippen molar-refractivity contribution in [3.8, 4) is 5.75 Å². The minimum atomic E-state index is -4.98. The molecule has 1 aromatic heterocycles. The van der Waals surface area contributed by atoms with E-state index in [2.05, 4.69) is 50.2 Å². The molecule has 0 radical (unpaired) electrons. The molecule has 37 heavy (non-hydrogen) atoms. The molecule has 0 bridgehead atoms. The Morgan fingerprint density at radius 2 is 1.92 bits per heavy atom. The van der Waals surface area contributed by atoms with Gasteiger partial charge in [-0.25, -0.2) is 9.79 Å². The molecule has 0 unspecified atom stereocenters. The van der Waals surface area contributed by atoms with Gasteiger partial charge < -0.3 is 9.47 Å². The van der Waals surface area contributed by atoms with E-state index in [1.165, 1.54) is 38.3 Å². The number of nitrogens with zero attached hydrogens (tertiary/aromatic N) is 2. The maximum absolute atomic E-state index is 14.2. The number of hydrogen-bond acceptors (Lipinski definition) is 6. The van der Waals surface area contributed by atoms with Crippen LogP contribution in [0.25, 0.3) is 6.08 Å². The van der Waals surface area contributed by atoms with Crippen LogP contribution in [0.3, 0.4) is 0 Å². The minimum Gasteiger partial charge on any atom is -0.495 e. The largest absolute Gasteiger partial charge is 0.495 e. The van der Waals surface area contributed by atoms with Crippen molar-refractivity contribution in [3.63, 3.8) is 0 Å². The van der Waals surface area contributed by atoms with Gasteiger partial charge in [0.25, 0.3) is 5.56 Å². The normalized spacial score (nSPS) is 15.9. The molecular formula is C24H16ClF3I2N2O4S. The number of carbonyl (C=O) groups excluding carboxylic acids is 1. The van der Waals surface area contributed by atoms with E-state index in [-0.39, 0.29) is 21.5 Å². The van der Waals surface area contributed by atoms with E-state index >= 15 is 0 Å². The molecule has 2 heterocycles. The van der Waals surface area contributed by atoms with Crippen LogP contribution in [-0.4, -0.2) is 30.4 Å². The highest BCUT2D eigenvalue weighted by Crippen LogP contribution is 2.38. The van der Waals surface area contributed by atoms with Gasteiger partial charge in [0.2, 0.25) is 0 Å². The first-order chi connectivity index (χ1) is 17.5. The molecule has 0 spiro atoms. The number of benzene rings is 2. The van der Waals surface area contributed by atoms with Crippen molar-refractivity contribution in [3.05, 3.63) is 90.6 Å². The van der Waals surface area contributed by atoms with Crippen LogP contribution >= 0.6 is 68.1 Å². The molecule has 194 valence electrons. The van der Waals surface area contributed by atoms with Crippen molar-refractivity contribution < 1.29 is 27.4 Å². The van der Waals surface area contributed by atoms with E-state index in [9.17, 15) is 22.8 Å². The Morgan fingerprint density at radius 1 is 1.24 bits per heavy atom. The average Bonchev–Trinajstić information content (AvgIpc) is 3.13. The van der Waals surface area contributed by atoms with Crippen molar-refractivity contribution in [2.75, 3.05) is 13.7 Å². The smallest absolute Gasteiger partial charge is 0.434 e. The molecule has 0 N–H and O–H groups in total. The Morgan fingerprint density at radius 3 is 2.51 bits per heavy atom. The van der Waals surface area contributed by atoms with Gasteiger partial charge in [0.1, 0.15) is 5.75 Å². The van der Waals surface area contributed by atoms with Gasteiger partial charge in [-0.05, 0) is 88.0 Å². The maximum atomic E-state index is 14.2. The monoisotopic (exact) mass is 774 g/mol. The van der Waals surface area contributed by atoms with Crippen LogP contribution in [0.15, 0.2) is 57.5 Å². The lowest BCUT2D eigenvalue weighted by atomic mass is 9.95. The fourth-order valence-corrected chi connectivity index (χ4v) is 7.07. The quantitative estimate of drug-likeness (QED) is 0.264. The maximum Gasteiger partial charge on any atom is 0.434 e. The molecule has 0 aliphatic carbocycles. The summed E-state index contributed by atoms with van der Waals surface area (Å²) in [5.74, 6) is -0.689. The predicted octanol–water partition coefficient (Wildman–Crippen LogP) is 5.21. The first-order valence-corrected chi connectivity index (χ1v) is 13.9. The van der Waals surface area contributed by atoms with Gasteiger partial charge in [0.15, 0.2) is 10.5 Å². The van der Waals surface area contributed by atoms with E-state index in [0.29, 0.717) is 16.3 Å². The van der Waals surface area contributed by atoms with Gasteiger partial charge in [-0.2, -0.15) is 13.2 Å². The predicted molar refractivity (Wildman–Crippen MR) is 151 cm³/mol. The molecule has 13 heteroatoms. The summed E-state index contributed by atoms with van der Waals surface area (Å²) in [4.78, 5) is 30.1. The summed E-state index contributed by atoms with van der Waals surface area (Å²) < 4.78 is 55.9. The summed E-state index contributed by atoms with van der Waals surface area (Å²) in [5.41, 5.74) is -1.95. The highest BCUT2D eigenvalue weighted by molar-refractivity contribution is 14.1. The molecule has 0 amide bonds. The van der Waals surface area contributed by atoms with Crippen LogP contribution in [0.4, 0.5) is 13.2 Å². The first-order valence-electron chi connectivity index (χ1n) is 10.5. The van der Waals surface area contributed by atoms with E-state index in [0.717, 1.165) is 23.0 Å². The zero-order chi connectivity index (χ0) is 27.1. The van der Waals surface area contributed by atoms with E-state index < -0.39 is 35.0 Å². The number of rotatable bonds is 5. The van der Waals surface area contributed by atoms with E-state index in [1.807, 2.05) is 6.07 Å². The molecule has 6 nitrogen and oxygen atoms in total. The number of thiazole rings is 1. The number of methoxy groups -OCH3 is 1. The van der Waals surface area contributed by atoms with Crippen LogP contribution < -0.4 is 19.6 Å². The summed E-state index contributed by atoms with van der Waals surface area (Å²) in [6, 6.07) is 8.14. The second-order valence-electron chi connectivity index (χ2n) is 7.62. The summed E-state index contributed by atoms with van der Waals surface area (Å²) in [7, 11) is 1.49. The van der Waals surface area contributed by atoms with Crippen molar-refractivity contribution >= 4 is 80.2 Å². The molecule has 1 atom stereocenters. The molecule has 1 aliphatic heterocycles. The fourth-order valence-electron chi connectivity index (χ4n) is 3.84. The van der Waals surface area contributed by atoms with E-state index in [1.54, 1.807) is 12.1 Å². The number of hydrogen-bond donors (Lipinski definition) is 0. The Hall–Kier alpha value is -1.91. The average molecular weight is 775 g/mol. The van der Waals surface area contributed by atoms with Gasteiger partial charge in [0.05, 0.1) is 33.4 Å². The van der Waals surface area contributed by atoms with Gasteiger partial charge in [-0.15, -0.1) is 0 Å². The molecule has 4 rings (SSSR count). The highest BCUT2D eigenvalue weighted by atomic mass is 127. The fraction of sp³-hybridized carbons (Fsp3) is 0.208. The summed E-state index contributed by atoms with van der Waals surface area (Å²) in [5, 5.41) is 0.342. The lowest BCUT2D eigenvalue weighted by molar-refractivity contribution is -0.140. The van der Waals surface area contributed by atoms with Crippen LogP contribution in [0.2, 0.25) is 5.02 Å². The molecule has 0 saturated carbocycles. The van der Waals surface area contributed by atoms with Gasteiger partial charge >= 0.3 is 12.1 Å². The number of ether oxygens (including phenoxy) is 2. The Balaban J connectivity index is 2.07. The standard InChI is InChI=1S/C24H16ClF3I2N2O4S/c1-3-36-22(34)17-18(11-4-6-13(25)7-5-11)32-21(33)16(37-23(32)31-20(17)24(26,27)28)9-12-8-14(29)10-15(30)19(12)35-2/h4-10,18H,3H2,1-2H3/b16-9-/t18-/m1/s1. The van der Waals surface area contributed by atoms with Gasteiger partial charge in [-0.1, -0.05) is 35.1 Å².